The monoisotopic (exact) mass is 248 g/mol. The van der Waals surface area contributed by atoms with Crippen LogP contribution in [0.1, 0.15) is 6.92 Å². The molecule has 1 aromatic carbocycles. The van der Waals surface area contributed by atoms with E-state index in [1.165, 1.54) is 4.90 Å². The average molecular weight is 248 g/mol. The number of hydrogen-bond donors (Lipinski definition) is 2. The number of urea groups is 1. The van der Waals surface area contributed by atoms with Gasteiger partial charge in [0.2, 0.25) is 0 Å². The number of anilines is 1. The van der Waals surface area contributed by atoms with Gasteiger partial charge in [0, 0.05) is 19.3 Å². The topological polar surface area (TPSA) is 73.8 Å². The minimum Gasteiger partial charge on any atom is -0.311 e. The maximum atomic E-state index is 12.0. The molecule has 0 unspecified atom stereocenters. The first-order chi connectivity index (χ1) is 8.72. The average Bonchev–Trinajstić information content (AvgIpc) is 2.40. The molecule has 1 rings (SSSR count). The first-order valence-corrected chi connectivity index (χ1v) is 5.56. The number of hydrazone groups is 1. The summed E-state index contributed by atoms with van der Waals surface area (Å²) in [5.41, 5.74) is 3.20. The van der Waals surface area contributed by atoms with E-state index in [9.17, 15) is 9.59 Å². The zero-order chi connectivity index (χ0) is 13.4. The fraction of sp³-hybridized carbons (Fsp3) is 0.250. The van der Waals surface area contributed by atoms with Gasteiger partial charge in [0.25, 0.3) is 0 Å². The predicted octanol–water partition coefficient (Wildman–Crippen LogP) is 0.954. The molecular formula is C12H16N4O2. The van der Waals surface area contributed by atoms with E-state index < -0.39 is 6.03 Å². The van der Waals surface area contributed by atoms with Crippen molar-refractivity contribution in [1.29, 1.82) is 0 Å². The molecular weight excluding hydrogens is 232 g/mol. The van der Waals surface area contributed by atoms with E-state index >= 15 is 0 Å². The summed E-state index contributed by atoms with van der Waals surface area (Å²) in [5.74, 6) is -0.0584. The van der Waals surface area contributed by atoms with Crippen LogP contribution in [0.4, 0.5) is 10.5 Å². The van der Waals surface area contributed by atoms with Gasteiger partial charge in [-0.15, -0.1) is 0 Å². The van der Waals surface area contributed by atoms with Crippen LogP contribution in [0.5, 0.6) is 0 Å². The molecule has 0 saturated carbocycles. The van der Waals surface area contributed by atoms with Gasteiger partial charge in [0.05, 0.1) is 0 Å². The lowest BCUT2D eigenvalue weighted by molar-refractivity contribution is -0.102. The van der Waals surface area contributed by atoms with Gasteiger partial charge >= 0.3 is 6.03 Å². The highest BCUT2D eigenvalue weighted by Gasteiger charge is 2.14. The van der Waals surface area contributed by atoms with Gasteiger partial charge in [0.1, 0.15) is 0 Å². The fourth-order valence-electron chi connectivity index (χ4n) is 1.43. The van der Waals surface area contributed by atoms with Crippen molar-refractivity contribution < 1.29 is 9.59 Å². The Balaban J connectivity index is 2.81. The molecule has 0 aromatic heterocycles. The SMILES string of the molecule is CCN(C(=O)NC(C=O)=NNC)c1ccccc1. The second-order valence-electron chi connectivity index (χ2n) is 3.35. The van der Waals surface area contributed by atoms with E-state index in [1.807, 2.05) is 37.3 Å². The summed E-state index contributed by atoms with van der Waals surface area (Å²) in [4.78, 5) is 24.1. The third-order valence-electron chi connectivity index (χ3n) is 2.21. The largest absolute Gasteiger partial charge is 0.327 e. The highest BCUT2D eigenvalue weighted by molar-refractivity contribution is 6.31. The van der Waals surface area contributed by atoms with Crippen LogP contribution in [-0.4, -0.2) is 31.7 Å². The molecule has 1 aromatic rings. The van der Waals surface area contributed by atoms with Crippen LogP contribution in [-0.2, 0) is 4.79 Å². The summed E-state index contributed by atoms with van der Waals surface area (Å²) >= 11 is 0. The summed E-state index contributed by atoms with van der Waals surface area (Å²) in [6, 6.07) is 8.79. The molecule has 0 bridgehead atoms. The number of carbonyl (C=O) groups excluding carboxylic acids is 2. The standard InChI is InChI=1S/C12H16N4O2/c1-3-16(10-7-5-4-6-8-10)12(18)14-11(9-17)15-13-2/h4-9,13H,3H2,1-2H3,(H,14,15,18). The van der Waals surface area contributed by atoms with Crippen molar-refractivity contribution in [2.45, 2.75) is 6.92 Å². The Bertz CT molecular complexity index is 431. The van der Waals surface area contributed by atoms with Gasteiger partial charge in [-0.3, -0.25) is 15.0 Å². The van der Waals surface area contributed by atoms with Crippen molar-refractivity contribution in [2.24, 2.45) is 5.10 Å². The lowest BCUT2D eigenvalue weighted by Gasteiger charge is -2.20. The van der Waals surface area contributed by atoms with Crippen LogP contribution in [0.15, 0.2) is 35.4 Å². The highest BCUT2D eigenvalue weighted by atomic mass is 16.2. The molecule has 0 atom stereocenters. The lowest BCUT2D eigenvalue weighted by Crippen LogP contribution is -2.44. The second-order valence-corrected chi connectivity index (χ2v) is 3.35. The van der Waals surface area contributed by atoms with Crippen LogP contribution in [0.3, 0.4) is 0 Å². The number of carbonyl (C=O) groups is 2. The van der Waals surface area contributed by atoms with Crippen molar-refractivity contribution in [3.63, 3.8) is 0 Å². The van der Waals surface area contributed by atoms with Gasteiger partial charge in [-0.05, 0) is 19.1 Å². The summed E-state index contributed by atoms with van der Waals surface area (Å²) in [5, 5.41) is 6.06. The molecule has 0 aliphatic rings. The maximum absolute atomic E-state index is 12.0. The Labute approximate surface area is 106 Å². The molecule has 96 valence electrons. The number of amides is 2. The Hall–Kier alpha value is -2.37. The number of nitrogens with one attached hydrogen (secondary N) is 2. The van der Waals surface area contributed by atoms with Crippen molar-refractivity contribution >= 4 is 23.8 Å². The molecule has 0 heterocycles. The molecule has 0 aliphatic heterocycles. The number of amidine groups is 1. The van der Waals surface area contributed by atoms with E-state index in [2.05, 4.69) is 15.8 Å². The summed E-state index contributed by atoms with van der Waals surface area (Å²) in [6.45, 7) is 2.34. The summed E-state index contributed by atoms with van der Waals surface area (Å²) < 4.78 is 0. The highest BCUT2D eigenvalue weighted by Crippen LogP contribution is 2.12. The second kappa shape index (κ2) is 7.05. The molecule has 0 fully saturated rings. The summed E-state index contributed by atoms with van der Waals surface area (Å²) in [6.07, 6.45) is 0.479. The lowest BCUT2D eigenvalue weighted by atomic mass is 10.3. The number of hydrogen-bond acceptors (Lipinski definition) is 4. The molecule has 0 aliphatic carbocycles. The molecule has 0 spiro atoms. The molecule has 0 radical (unpaired) electrons. The molecule has 6 heteroatoms. The molecule has 2 amide bonds. The van der Waals surface area contributed by atoms with Crippen LogP contribution < -0.4 is 15.6 Å². The molecule has 6 nitrogen and oxygen atoms in total. The van der Waals surface area contributed by atoms with Crippen molar-refractivity contribution in [3.8, 4) is 0 Å². The quantitative estimate of drug-likeness (QED) is 0.360. The molecule has 0 saturated heterocycles. The fourth-order valence-corrected chi connectivity index (χ4v) is 1.43. The van der Waals surface area contributed by atoms with E-state index in [4.69, 9.17) is 0 Å². The minimum atomic E-state index is -0.398. The number of rotatable bonds is 4. The predicted molar refractivity (Wildman–Crippen MR) is 70.6 cm³/mol. The number of para-hydroxylation sites is 1. The molecule has 2 N–H and O–H groups in total. The Kier molecular flexibility index (Phi) is 5.37. The van der Waals surface area contributed by atoms with Gasteiger partial charge in [-0.2, -0.15) is 5.10 Å². The number of nitrogens with zero attached hydrogens (tertiary/aromatic N) is 2. The van der Waals surface area contributed by atoms with Crippen LogP contribution in [0, 0.1) is 0 Å². The van der Waals surface area contributed by atoms with Gasteiger partial charge in [-0.1, -0.05) is 18.2 Å². The van der Waals surface area contributed by atoms with Crippen LogP contribution >= 0.6 is 0 Å². The smallest absolute Gasteiger partial charge is 0.311 e. The number of aldehydes is 1. The van der Waals surface area contributed by atoms with E-state index in [1.54, 1.807) is 7.05 Å². The normalized spacial score (nSPS) is 10.7. The zero-order valence-electron chi connectivity index (χ0n) is 10.4. The van der Waals surface area contributed by atoms with Crippen molar-refractivity contribution in [2.75, 3.05) is 18.5 Å². The Morgan fingerprint density at radius 1 is 1.39 bits per heavy atom. The molecule has 18 heavy (non-hydrogen) atoms. The van der Waals surface area contributed by atoms with E-state index in [0.717, 1.165) is 5.69 Å². The number of benzene rings is 1. The van der Waals surface area contributed by atoms with Crippen LogP contribution in [0.2, 0.25) is 0 Å². The van der Waals surface area contributed by atoms with Crippen molar-refractivity contribution in [1.82, 2.24) is 10.7 Å². The van der Waals surface area contributed by atoms with E-state index in [-0.39, 0.29) is 5.84 Å². The van der Waals surface area contributed by atoms with E-state index in [0.29, 0.717) is 12.8 Å². The minimum absolute atomic E-state index is 0.0584. The van der Waals surface area contributed by atoms with Gasteiger partial charge < -0.3 is 5.43 Å². The maximum Gasteiger partial charge on any atom is 0.327 e. The summed E-state index contributed by atoms with van der Waals surface area (Å²) in [7, 11) is 1.55. The van der Waals surface area contributed by atoms with Gasteiger partial charge in [0.15, 0.2) is 12.1 Å². The van der Waals surface area contributed by atoms with Crippen molar-refractivity contribution in [3.05, 3.63) is 30.3 Å². The Morgan fingerprint density at radius 3 is 2.56 bits per heavy atom. The third kappa shape index (κ3) is 3.58. The van der Waals surface area contributed by atoms with Crippen LogP contribution in [0.25, 0.3) is 0 Å². The van der Waals surface area contributed by atoms with Gasteiger partial charge in [-0.25, -0.2) is 4.79 Å². The Morgan fingerprint density at radius 2 is 2.06 bits per heavy atom. The first kappa shape index (κ1) is 13.7. The third-order valence-corrected chi connectivity index (χ3v) is 2.21. The zero-order valence-corrected chi connectivity index (χ0v) is 10.4. The first-order valence-electron chi connectivity index (χ1n) is 5.56.